The quantitative estimate of drug-likeness (QED) is 0.658. The first kappa shape index (κ1) is 15.7. The lowest BCUT2D eigenvalue weighted by Gasteiger charge is -2.20. The predicted molar refractivity (Wildman–Crippen MR) is 89.3 cm³/mol. The molecule has 2 aromatic rings. The number of carbonyl (C=O) groups excluding carboxylic acids is 1. The van der Waals surface area contributed by atoms with Crippen molar-refractivity contribution in [1.29, 1.82) is 0 Å². The van der Waals surface area contributed by atoms with Gasteiger partial charge in [-0.3, -0.25) is 9.78 Å². The second-order valence-corrected chi connectivity index (χ2v) is 4.70. The van der Waals surface area contributed by atoms with E-state index in [2.05, 4.69) is 46.4 Å². The minimum absolute atomic E-state index is 0.251. The van der Waals surface area contributed by atoms with Crippen LogP contribution in [-0.4, -0.2) is 30.2 Å². The van der Waals surface area contributed by atoms with Gasteiger partial charge in [0.25, 0.3) is 5.91 Å². The van der Waals surface area contributed by atoms with E-state index in [0.29, 0.717) is 5.56 Å². The van der Waals surface area contributed by atoms with E-state index >= 15 is 0 Å². The van der Waals surface area contributed by atoms with Crippen LogP contribution in [-0.2, 0) is 0 Å². The highest BCUT2D eigenvalue weighted by Crippen LogP contribution is 2.13. The number of rotatable bonds is 6. The number of nitrogens with one attached hydrogen (secondary N) is 1. The van der Waals surface area contributed by atoms with Gasteiger partial charge in [0.2, 0.25) is 0 Å². The molecule has 0 saturated carbocycles. The molecule has 114 valence electrons. The Balaban J connectivity index is 1.95. The van der Waals surface area contributed by atoms with Crippen LogP contribution in [0.1, 0.15) is 29.8 Å². The number of benzene rings is 1. The number of anilines is 1. The number of nitrogens with zero attached hydrogens (tertiary/aromatic N) is 3. The van der Waals surface area contributed by atoms with Crippen molar-refractivity contribution in [2.75, 3.05) is 18.0 Å². The van der Waals surface area contributed by atoms with Gasteiger partial charge in [-0.15, -0.1) is 0 Å². The Labute approximate surface area is 130 Å². The third-order valence-corrected chi connectivity index (χ3v) is 3.34. The molecule has 1 N–H and O–H groups in total. The van der Waals surface area contributed by atoms with Crippen molar-refractivity contribution in [2.45, 2.75) is 13.8 Å². The van der Waals surface area contributed by atoms with Crippen LogP contribution in [0.25, 0.3) is 0 Å². The lowest BCUT2D eigenvalue weighted by atomic mass is 10.2. The van der Waals surface area contributed by atoms with E-state index in [1.165, 1.54) is 5.69 Å². The molecular formula is C17H20N4O. The van der Waals surface area contributed by atoms with Crippen LogP contribution in [0.4, 0.5) is 5.69 Å². The van der Waals surface area contributed by atoms with Gasteiger partial charge < -0.3 is 4.90 Å². The van der Waals surface area contributed by atoms with E-state index in [9.17, 15) is 4.79 Å². The summed E-state index contributed by atoms with van der Waals surface area (Å²) in [4.78, 5) is 17.9. The van der Waals surface area contributed by atoms with Gasteiger partial charge in [-0.1, -0.05) is 12.1 Å². The average Bonchev–Trinajstić information content (AvgIpc) is 2.58. The largest absolute Gasteiger partial charge is 0.372 e. The number of aromatic nitrogens is 1. The number of carbonyl (C=O) groups is 1. The summed E-state index contributed by atoms with van der Waals surface area (Å²) in [6, 6.07) is 11.4. The van der Waals surface area contributed by atoms with Crippen molar-refractivity contribution in [3.05, 3.63) is 59.9 Å². The van der Waals surface area contributed by atoms with Gasteiger partial charge in [-0.05, 0) is 43.7 Å². The summed E-state index contributed by atoms with van der Waals surface area (Å²) in [6.07, 6.45) is 4.78. The molecule has 0 bridgehead atoms. The summed E-state index contributed by atoms with van der Waals surface area (Å²) in [7, 11) is 0. The van der Waals surface area contributed by atoms with Gasteiger partial charge in [-0.25, -0.2) is 5.43 Å². The maximum Gasteiger partial charge on any atom is 0.271 e. The minimum atomic E-state index is -0.251. The summed E-state index contributed by atoms with van der Waals surface area (Å²) in [6.45, 7) is 6.22. The Hall–Kier alpha value is -2.69. The molecule has 0 saturated heterocycles. The topological polar surface area (TPSA) is 57.6 Å². The lowest BCUT2D eigenvalue weighted by Crippen LogP contribution is -2.21. The SMILES string of the molecule is CCN(CC)c1ccc(/C=N\NC(=O)c2ccncc2)cc1. The Bertz CT molecular complexity index is 619. The highest BCUT2D eigenvalue weighted by atomic mass is 16.2. The van der Waals surface area contributed by atoms with Crippen molar-refractivity contribution in [2.24, 2.45) is 5.10 Å². The van der Waals surface area contributed by atoms with Gasteiger partial charge in [0.1, 0.15) is 0 Å². The van der Waals surface area contributed by atoms with Crippen LogP contribution in [0.5, 0.6) is 0 Å². The fraction of sp³-hybridized carbons (Fsp3) is 0.235. The Kier molecular flexibility index (Phi) is 5.65. The molecule has 0 radical (unpaired) electrons. The fourth-order valence-electron chi connectivity index (χ4n) is 2.09. The van der Waals surface area contributed by atoms with E-state index in [4.69, 9.17) is 0 Å². The Morgan fingerprint density at radius 1 is 1.14 bits per heavy atom. The van der Waals surface area contributed by atoms with E-state index in [1.54, 1.807) is 30.7 Å². The van der Waals surface area contributed by atoms with E-state index < -0.39 is 0 Å². The Morgan fingerprint density at radius 3 is 2.36 bits per heavy atom. The van der Waals surface area contributed by atoms with Gasteiger partial charge in [0, 0.05) is 36.7 Å². The summed E-state index contributed by atoms with van der Waals surface area (Å²) >= 11 is 0. The van der Waals surface area contributed by atoms with Gasteiger partial charge in [0.15, 0.2) is 0 Å². The van der Waals surface area contributed by atoms with Crippen LogP contribution in [0.2, 0.25) is 0 Å². The van der Waals surface area contributed by atoms with Crippen molar-refractivity contribution in [3.8, 4) is 0 Å². The third kappa shape index (κ3) is 4.15. The van der Waals surface area contributed by atoms with Crippen LogP contribution >= 0.6 is 0 Å². The summed E-state index contributed by atoms with van der Waals surface area (Å²) < 4.78 is 0. The first-order valence-electron chi connectivity index (χ1n) is 7.33. The molecule has 0 aliphatic heterocycles. The maximum absolute atomic E-state index is 11.8. The van der Waals surface area contributed by atoms with Crippen molar-refractivity contribution in [1.82, 2.24) is 10.4 Å². The molecule has 1 aromatic heterocycles. The highest BCUT2D eigenvalue weighted by Gasteiger charge is 2.02. The molecular weight excluding hydrogens is 276 g/mol. The van der Waals surface area contributed by atoms with Gasteiger partial charge in [-0.2, -0.15) is 5.10 Å². The first-order valence-corrected chi connectivity index (χ1v) is 7.33. The summed E-state index contributed by atoms with van der Waals surface area (Å²) in [5, 5.41) is 3.97. The molecule has 0 fully saturated rings. The van der Waals surface area contributed by atoms with Crippen LogP contribution < -0.4 is 10.3 Å². The number of hydrogen-bond acceptors (Lipinski definition) is 4. The van der Waals surface area contributed by atoms with Crippen LogP contribution in [0.3, 0.4) is 0 Å². The monoisotopic (exact) mass is 296 g/mol. The molecule has 0 unspecified atom stereocenters. The molecule has 5 nitrogen and oxygen atoms in total. The molecule has 0 aliphatic carbocycles. The second-order valence-electron chi connectivity index (χ2n) is 4.70. The smallest absolute Gasteiger partial charge is 0.271 e. The molecule has 22 heavy (non-hydrogen) atoms. The molecule has 0 spiro atoms. The summed E-state index contributed by atoms with van der Waals surface area (Å²) in [5.74, 6) is -0.251. The minimum Gasteiger partial charge on any atom is -0.372 e. The normalized spacial score (nSPS) is 10.6. The predicted octanol–water partition coefficient (Wildman–Crippen LogP) is 2.69. The van der Waals surface area contributed by atoms with Crippen molar-refractivity contribution in [3.63, 3.8) is 0 Å². The molecule has 1 aromatic carbocycles. The standard InChI is InChI=1S/C17H20N4O/c1-3-21(4-2)16-7-5-14(6-8-16)13-19-20-17(22)15-9-11-18-12-10-15/h5-13H,3-4H2,1-2H3,(H,20,22)/b19-13-. The first-order chi connectivity index (χ1) is 10.7. The van der Waals surface area contributed by atoms with E-state index in [1.807, 2.05) is 12.1 Å². The van der Waals surface area contributed by atoms with Crippen LogP contribution in [0, 0.1) is 0 Å². The molecule has 2 rings (SSSR count). The zero-order valence-electron chi connectivity index (χ0n) is 12.9. The molecule has 0 atom stereocenters. The molecule has 0 aliphatic rings. The molecule has 1 heterocycles. The van der Waals surface area contributed by atoms with E-state index in [0.717, 1.165) is 18.7 Å². The molecule has 1 amide bonds. The third-order valence-electron chi connectivity index (χ3n) is 3.34. The summed E-state index contributed by atoms with van der Waals surface area (Å²) in [5.41, 5.74) is 5.15. The highest BCUT2D eigenvalue weighted by molar-refractivity contribution is 5.94. The van der Waals surface area contributed by atoms with Crippen molar-refractivity contribution < 1.29 is 4.79 Å². The number of hydrogen-bond donors (Lipinski definition) is 1. The fourth-order valence-corrected chi connectivity index (χ4v) is 2.09. The number of amides is 1. The van der Waals surface area contributed by atoms with Crippen molar-refractivity contribution >= 4 is 17.8 Å². The van der Waals surface area contributed by atoms with Gasteiger partial charge >= 0.3 is 0 Å². The zero-order valence-corrected chi connectivity index (χ0v) is 12.9. The number of hydrazone groups is 1. The lowest BCUT2D eigenvalue weighted by molar-refractivity contribution is 0.0955. The van der Waals surface area contributed by atoms with Gasteiger partial charge in [0.05, 0.1) is 6.21 Å². The second kappa shape index (κ2) is 7.93. The molecule has 5 heteroatoms. The van der Waals surface area contributed by atoms with E-state index in [-0.39, 0.29) is 5.91 Å². The maximum atomic E-state index is 11.8. The zero-order chi connectivity index (χ0) is 15.8. The number of pyridine rings is 1. The van der Waals surface area contributed by atoms with Crippen LogP contribution in [0.15, 0.2) is 53.9 Å². The Morgan fingerprint density at radius 2 is 1.77 bits per heavy atom. The average molecular weight is 296 g/mol.